The van der Waals surface area contributed by atoms with Crippen molar-refractivity contribution in [2.45, 2.75) is 47.1 Å². The molecule has 20 heavy (non-hydrogen) atoms. The van der Waals surface area contributed by atoms with E-state index in [2.05, 4.69) is 52.9 Å². The van der Waals surface area contributed by atoms with Gasteiger partial charge in [-0.25, -0.2) is 0 Å². The summed E-state index contributed by atoms with van der Waals surface area (Å²) in [6.45, 7) is 12.0. The highest BCUT2D eigenvalue weighted by atomic mass is 16.5. The van der Waals surface area contributed by atoms with Crippen LogP contribution in [0.5, 0.6) is 6.01 Å². The van der Waals surface area contributed by atoms with E-state index in [-0.39, 0.29) is 0 Å². The Labute approximate surface area is 122 Å². The fraction of sp³-hybridized carbons (Fsp3) is 0.786. The molecular weight excluding hydrogens is 254 g/mol. The number of hydrogen-bond donors (Lipinski definition) is 1. The zero-order chi connectivity index (χ0) is 15.1. The Morgan fingerprint density at radius 1 is 1.15 bits per heavy atom. The normalized spacial score (nSPS) is 12.3. The van der Waals surface area contributed by atoms with Crippen LogP contribution in [-0.4, -0.2) is 41.2 Å². The van der Waals surface area contributed by atoms with Gasteiger partial charge in [-0.05, 0) is 26.2 Å². The van der Waals surface area contributed by atoms with Gasteiger partial charge < -0.3 is 15.0 Å². The van der Waals surface area contributed by atoms with E-state index in [1.807, 2.05) is 14.0 Å². The summed E-state index contributed by atoms with van der Waals surface area (Å²) in [6, 6.07) is 0.724. The molecule has 1 aromatic rings. The molecule has 0 fully saturated rings. The molecule has 6 heteroatoms. The van der Waals surface area contributed by atoms with Crippen LogP contribution in [0, 0.1) is 5.92 Å². The van der Waals surface area contributed by atoms with Crippen LogP contribution in [0.2, 0.25) is 0 Å². The summed E-state index contributed by atoms with van der Waals surface area (Å²) in [5.41, 5.74) is 0. The molecule has 0 bridgehead atoms. The van der Waals surface area contributed by atoms with Crippen LogP contribution < -0.4 is 15.0 Å². The average Bonchev–Trinajstić information content (AvgIpc) is 2.43. The molecule has 1 N–H and O–H groups in total. The number of nitrogens with zero attached hydrogens (tertiary/aromatic N) is 4. The minimum atomic E-state index is 0.339. The summed E-state index contributed by atoms with van der Waals surface area (Å²) < 4.78 is 5.54. The predicted octanol–water partition coefficient (Wildman–Crippen LogP) is 2.57. The molecule has 1 atom stereocenters. The van der Waals surface area contributed by atoms with Gasteiger partial charge in [-0.2, -0.15) is 15.0 Å². The molecule has 0 saturated carbocycles. The topological polar surface area (TPSA) is 63.2 Å². The molecule has 1 heterocycles. The zero-order valence-corrected chi connectivity index (χ0v) is 13.5. The van der Waals surface area contributed by atoms with Crippen molar-refractivity contribution >= 4 is 11.9 Å². The molecule has 0 saturated heterocycles. The second-order valence-corrected chi connectivity index (χ2v) is 5.22. The highest BCUT2D eigenvalue weighted by molar-refractivity contribution is 5.38. The molecule has 1 rings (SSSR count). The summed E-state index contributed by atoms with van der Waals surface area (Å²) in [5, 5.41) is 3.12. The summed E-state index contributed by atoms with van der Waals surface area (Å²) in [7, 11) is 2.00. The fourth-order valence-electron chi connectivity index (χ4n) is 1.63. The number of anilines is 2. The van der Waals surface area contributed by atoms with Crippen LogP contribution in [0.25, 0.3) is 0 Å². The van der Waals surface area contributed by atoms with E-state index in [0.29, 0.717) is 36.5 Å². The predicted molar refractivity (Wildman–Crippen MR) is 82.5 cm³/mol. The smallest absolute Gasteiger partial charge is 0.323 e. The molecule has 0 aromatic carbocycles. The van der Waals surface area contributed by atoms with Crippen LogP contribution in [0.4, 0.5) is 11.9 Å². The van der Waals surface area contributed by atoms with Crippen molar-refractivity contribution in [1.29, 1.82) is 0 Å². The van der Waals surface area contributed by atoms with Gasteiger partial charge in [0.25, 0.3) is 0 Å². The maximum Gasteiger partial charge on any atom is 0.323 e. The van der Waals surface area contributed by atoms with E-state index in [0.717, 1.165) is 13.0 Å². The van der Waals surface area contributed by atoms with Gasteiger partial charge in [-0.15, -0.1) is 0 Å². The second kappa shape index (κ2) is 7.87. The summed E-state index contributed by atoms with van der Waals surface area (Å²) in [6.07, 6.45) is 0.926. The van der Waals surface area contributed by atoms with Crippen molar-refractivity contribution in [3.8, 4) is 6.01 Å². The Balaban J connectivity index is 3.00. The van der Waals surface area contributed by atoms with Crippen molar-refractivity contribution < 1.29 is 4.74 Å². The highest BCUT2D eigenvalue weighted by Gasteiger charge is 2.18. The van der Waals surface area contributed by atoms with Crippen molar-refractivity contribution in [2.24, 2.45) is 5.92 Å². The number of hydrogen-bond acceptors (Lipinski definition) is 6. The minimum absolute atomic E-state index is 0.339. The van der Waals surface area contributed by atoms with Crippen LogP contribution in [-0.2, 0) is 0 Å². The minimum Gasteiger partial charge on any atom is -0.463 e. The molecule has 0 aliphatic heterocycles. The molecule has 1 unspecified atom stereocenters. The quantitative estimate of drug-likeness (QED) is 0.790. The van der Waals surface area contributed by atoms with E-state index >= 15 is 0 Å². The largest absolute Gasteiger partial charge is 0.463 e. The fourth-order valence-corrected chi connectivity index (χ4v) is 1.63. The van der Waals surface area contributed by atoms with E-state index in [9.17, 15) is 0 Å². The Morgan fingerprint density at radius 3 is 2.40 bits per heavy atom. The van der Waals surface area contributed by atoms with Crippen molar-refractivity contribution in [2.75, 3.05) is 30.4 Å². The maximum absolute atomic E-state index is 5.54. The standard InChI is InChI=1S/C14H27N5O/c1-7-9-20-14-17-12(15-8-2)16-13(18-14)19(6)11(5)10(3)4/h10-11H,7-9H2,1-6H3,(H,15,16,17,18). The van der Waals surface area contributed by atoms with Gasteiger partial charge in [-0.3, -0.25) is 0 Å². The van der Waals surface area contributed by atoms with Crippen molar-refractivity contribution in [3.05, 3.63) is 0 Å². The van der Waals surface area contributed by atoms with Gasteiger partial charge >= 0.3 is 6.01 Å². The number of ether oxygens (including phenoxy) is 1. The molecular formula is C14H27N5O. The third-order valence-corrected chi connectivity index (χ3v) is 3.26. The molecule has 6 nitrogen and oxygen atoms in total. The Kier molecular flexibility index (Phi) is 6.48. The molecule has 0 aliphatic carbocycles. The Morgan fingerprint density at radius 2 is 1.85 bits per heavy atom. The molecule has 0 amide bonds. The lowest BCUT2D eigenvalue weighted by atomic mass is 10.1. The molecule has 1 aromatic heterocycles. The lowest BCUT2D eigenvalue weighted by molar-refractivity contribution is 0.291. The number of rotatable bonds is 8. The van der Waals surface area contributed by atoms with Crippen molar-refractivity contribution in [1.82, 2.24) is 15.0 Å². The summed E-state index contributed by atoms with van der Waals surface area (Å²) in [4.78, 5) is 15.2. The number of aromatic nitrogens is 3. The third kappa shape index (κ3) is 4.51. The van der Waals surface area contributed by atoms with E-state index in [1.54, 1.807) is 0 Å². The zero-order valence-electron chi connectivity index (χ0n) is 13.5. The first-order valence-corrected chi connectivity index (χ1v) is 7.35. The van der Waals surface area contributed by atoms with Gasteiger partial charge in [0.15, 0.2) is 0 Å². The van der Waals surface area contributed by atoms with E-state index in [1.165, 1.54) is 0 Å². The summed E-state index contributed by atoms with van der Waals surface area (Å²) >= 11 is 0. The lowest BCUT2D eigenvalue weighted by Crippen LogP contribution is -2.34. The van der Waals surface area contributed by atoms with Crippen LogP contribution in [0.15, 0.2) is 0 Å². The Hall–Kier alpha value is -1.59. The monoisotopic (exact) mass is 281 g/mol. The average molecular weight is 281 g/mol. The van der Waals surface area contributed by atoms with Gasteiger partial charge in [0, 0.05) is 19.6 Å². The Bertz CT molecular complexity index is 411. The van der Waals surface area contributed by atoms with E-state index < -0.39 is 0 Å². The van der Waals surface area contributed by atoms with Gasteiger partial charge in [0.05, 0.1) is 6.61 Å². The molecule has 0 spiro atoms. The lowest BCUT2D eigenvalue weighted by Gasteiger charge is -2.28. The number of nitrogens with one attached hydrogen (secondary N) is 1. The maximum atomic E-state index is 5.54. The summed E-state index contributed by atoms with van der Waals surface area (Å²) in [5.74, 6) is 1.72. The molecule has 114 valence electrons. The SMILES string of the molecule is CCCOc1nc(NCC)nc(N(C)C(C)C(C)C)n1. The first-order chi connectivity index (χ1) is 9.49. The first kappa shape index (κ1) is 16.5. The molecule has 0 aliphatic rings. The highest BCUT2D eigenvalue weighted by Crippen LogP contribution is 2.18. The van der Waals surface area contributed by atoms with Crippen molar-refractivity contribution in [3.63, 3.8) is 0 Å². The van der Waals surface area contributed by atoms with Crippen LogP contribution >= 0.6 is 0 Å². The third-order valence-electron chi connectivity index (χ3n) is 3.26. The van der Waals surface area contributed by atoms with Gasteiger partial charge in [0.1, 0.15) is 0 Å². The molecule has 0 radical (unpaired) electrons. The van der Waals surface area contributed by atoms with Crippen LogP contribution in [0.3, 0.4) is 0 Å². The van der Waals surface area contributed by atoms with E-state index in [4.69, 9.17) is 4.74 Å². The second-order valence-electron chi connectivity index (χ2n) is 5.22. The van der Waals surface area contributed by atoms with Gasteiger partial charge in [-0.1, -0.05) is 20.8 Å². The van der Waals surface area contributed by atoms with Gasteiger partial charge in [0.2, 0.25) is 11.9 Å². The first-order valence-electron chi connectivity index (χ1n) is 7.35. The van der Waals surface area contributed by atoms with Crippen LogP contribution in [0.1, 0.15) is 41.0 Å².